The molecule has 1 aliphatic rings. The molecule has 2 aromatic carbocycles. The first-order chi connectivity index (χ1) is 15.5. The number of halogens is 2. The van der Waals surface area contributed by atoms with Crippen molar-refractivity contribution < 1.29 is 18.0 Å². The predicted octanol–water partition coefficient (Wildman–Crippen LogP) is 5.47. The van der Waals surface area contributed by atoms with E-state index in [4.69, 9.17) is 10.2 Å². The zero-order valence-electron chi connectivity index (χ0n) is 18.3. The molecule has 0 atom stereocenters. The Morgan fingerprint density at radius 3 is 2.28 bits per heavy atom. The minimum Gasteiger partial charge on any atom is -0.419 e. The van der Waals surface area contributed by atoms with Gasteiger partial charge in [0, 0.05) is 12.2 Å². The van der Waals surface area contributed by atoms with Crippen LogP contribution in [0.5, 0.6) is 0 Å². The Labute approximate surface area is 186 Å². The number of nitrogens with one attached hydrogen (secondary N) is 1. The van der Waals surface area contributed by atoms with Crippen LogP contribution >= 0.6 is 0 Å². The first-order valence-electron chi connectivity index (χ1n) is 10.8. The van der Waals surface area contributed by atoms with Crippen LogP contribution in [0.2, 0.25) is 0 Å². The number of hydrogen-bond donors (Lipinski definition) is 2. The number of hydrogen-bond acceptors (Lipinski definition) is 5. The summed E-state index contributed by atoms with van der Waals surface area (Å²) in [6.45, 7) is 7.09. The molecule has 4 rings (SSSR count). The van der Waals surface area contributed by atoms with E-state index in [-0.39, 0.29) is 17.5 Å². The molecule has 1 aliphatic heterocycles. The summed E-state index contributed by atoms with van der Waals surface area (Å²) in [6.07, 6.45) is 3.75. The van der Waals surface area contributed by atoms with E-state index in [0.29, 0.717) is 5.69 Å². The van der Waals surface area contributed by atoms with Crippen LogP contribution in [0.15, 0.2) is 46.9 Å². The molecule has 0 radical (unpaired) electrons. The number of anilines is 2. The number of likely N-dealkylation sites (tertiary alicyclic amines) is 1. The highest BCUT2D eigenvalue weighted by molar-refractivity contribution is 5.96. The fourth-order valence-corrected chi connectivity index (χ4v) is 3.58. The minimum atomic E-state index is -0.869. The van der Waals surface area contributed by atoms with E-state index >= 15 is 0 Å². The highest BCUT2D eigenvalue weighted by Gasteiger charge is 2.23. The van der Waals surface area contributed by atoms with Crippen LogP contribution in [0.3, 0.4) is 0 Å². The number of piperidine rings is 1. The molecule has 3 aromatic rings. The third kappa shape index (κ3) is 5.50. The maximum Gasteiger partial charge on any atom is 0.273 e. The number of carbonyl (C=O) groups is 1. The second kappa shape index (κ2) is 10.9. The van der Waals surface area contributed by atoms with Crippen LogP contribution in [0.4, 0.5) is 20.4 Å². The monoisotopic (exact) mass is 442 g/mol. The number of aromatic nitrogens is 1. The Bertz CT molecular complexity index is 1020. The van der Waals surface area contributed by atoms with Crippen molar-refractivity contribution in [1.29, 1.82) is 0 Å². The van der Waals surface area contributed by atoms with Crippen molar-refractivity contribution in [1.82, 2.24) is 9.88 Å². The normalized spacial score (nSPS) is 13.9. The molecule has 8 heteroatoms. The summed E-state index contributed by atoms with van der Waals surface area (Å²) in [5, 5.41) is 2.93. The van der Waals surface area contributed by atoms with Crippen LogP contribution in [0, 0.1) is 11.6 Å². The lowest BCUT2D eigenvalue weighted by molar-refractivity contribution is 0.0996. The van der Waals surface area contributed by atoms with Crippen LogP contribution in [0.25, 0.3) is 11.5 Å². The van der Waals surface area contributed by atoms with Crippen molar-refractivity contribution in [3.63, 3.8) is 0 Å². The molecule has 1 amide bonds. The molecule has 2 heterocycles. The van der Waals surface area contributed by atoms with Gasteiger partial charge in [-0.1, -0.05) is 38.5 Å². The maximum absolute atomic E-state index is 14.1. The molecular weight excluding hydrogens is 414 g/mol. The molecule has 1 aromatic heterocycles. The van der Waals surface area contributed by atoms with Crippen molar-refractivity contribution in [3.05, 3.63) is 65.4 Å². The lowest BCUT2D eigenvalue weighted by Crippen LogP contribution is -2.29. The summed E-state index contributed by atoms with van der Waals surface area (Å²) >= 11 is 0. The summed E-state index contributed by atoms with van der Waals surface area (Å²) in [4.78, 5) is 18.1. The molecule has 0 aliphatic carbocycles. The van der Waals surface area contributed by atoms with E-state index in [1.54, 1.807) is 0 Å². The standard InChI is InChI=1S/C22H22F2N4O2.C2H6/c23-16-5-4-6-17(24)18(16)21-27-19(20(25)29)22(30-21)26-15-9-7-14(8-10-15)13-28-11-2-1-3-12-28;1-2/h4-10,26H,1-3,11-13H2,(H2,25,29);1-2H3. The molecule has 6 nitrogen and oxygen atoms in total. The van der Waals surface area contributed by atoms with Crippen LogP contribution in [-0.2, 0) is 6.54 Å². The number of primary amides is 1. The summed E-state index contributed by atoms with van der Waals surface area (Å²) in [7, 11) is 0. The fourth-order valence-electron chi connectivity index (χ4n) is 3.58. The van der Waals surface area contributed by atoms with Gasteiger partial charge in [0.05, 0.1) is 0 Å². The average molecular weight is 443 g/mol. The molecule has 0 saturated carbocycles. The number of benzene rings is 2. The number of rotatable bonds is 6. The van der Waals surface area contributed by atoms with Gasteiger partial charge in [-0.2, -0.15) is 0 Å². The van der Waals surface area contributed by atoms with E-state index in [1.807, 2.05) is 38.1 Å². The molecular formula is C24H28F2N4O2. The van der Waals surface area contributed by atoms with Crippen LogP contribution < -0.4 is 11.1 Å². The zero-order chi connectivity index (χ0) is 23.1. The van der Waals surface area contributed by atoms with E-state index in [2.05, 4.69) is 15.2 Å². The second-order valence-electron chi connectivity index (χ2n) is 7.32. The summed E-state index contributed by atoms with van der Waals surface area (Å²) in [6, 6.07) is 11.0. The van der Waals surface area contributed by atoms with Crippen LogP contribution in [0.1, 0.15) is 49.2 Å². The van der Waals surface area contributed by atoms with Gasteiger partial charge in [0.25, 0.3) is 5.91 Å². The molecule has 170 valence electrons. The average Bonchev–Trinajstić information content (AvgIpc) is 3.21. The Morgan fingerprint density at radius 1 is 1.06 bits per heavy atom. The molecule has 0 spiro atoms. The number of carbonyl (C=O) groups excluding carboxylic acids is 1. The second-order valence-corrected chi connectivity index (χ2v) is 7.32. The molecule has 1 saturated heterocycles. The smallest absolute Gasteiger partial charge is 0.273 e. The quantitative estimate of drug-likeness (QED) is 0.528. The molecule has 32 heavy (non-hydrogen) atoms. The number of amides is 1. The molecule has 0 unspecified atom stereocenters. The highest BCUT2D eigenvalue weighted by atomic mass is 19.1. The van der Waals surface area contributed by atoms with Crippen molar-refractivity contribution in [2.24, 2.45) is 5.73 Å². The summed E-state index contributed by atoms with van der Waals surface area (Å²) in [5.74, 6) is -2.99. The van der Waals surface area contributed by atoms with Crippen LogP contribution in [-0.4, -0.2) is 28.9 Å². The van der Waals surface area contributed by atoms with Gasteiger partial charge in [0.15, 0.2) is 5.69 Å². The topological polar surface area (TPSA) is 84.4 Å². The van der Waals surface area contributed by atoms with Crippen molar-refractivity contribution in [2.45, 2.75) is 39.7 Å². The van der Waals surface area contributed by atoms with Crippen molar-refractivity contribution in [2.75, 3.05) is 18.4 Å². The lowest BCUT2D eigenvalue weighted by Gasteiger charge is -2.26. The largest absolute Gasteiger partial charge is 0.419 e. The predicted molar refractivity (Wildman–Crippen MR) is 121 cm³/mol. The third-order valence-electron chi connectivity index (χ3n) is 5.10. The number of nitrogens with two attached hydrogens (primary N) is 1. The number of oxazole rings is 1. The molecule has 0 bridgehead atoms. The summed E-state index contributed by atoms with van der Waals surface area (Å²) in [5.41, 5.74) is 6.49. The van der Waals surface area contributed by atoms with Crippen molar-refractivity contribution in [3.8, 4) is 11.5 Å². The Morgan fingerprint density at radius 2 is 1.69 bits per heavy atom. The van der Waals surface area contributed by atoms with Crippen molar-refractivity contribution >= 4 is 17.5 Å². The SMILES string of the molecule is CC.NC(=O)c1nc(-c2c(F)cccc2F)oc1Nc1ccc(CN2CCCCC2)cc1. The third-order valence-corrected chi connectivity index (χ3v) is 5.10. The Balaban J connectivity index is 0.00000141. The Hall–Kier alpha value is -3.26. The van der Waals surface area contributed by atoms with Gasteiger partial charge in [0.1, 0.15) is 17.2 Å². The number of nitrogens with zero attached hydrogens (tertiary/aromatic N) is 2. The zero-order valence-corrected chi connectivity index (χ0v) is 18.3. The van der Waals surface area contributed by atoms with Gasteiger partial charge in [-0.05, 0) is 55.8 Å². The minimum absolute atomic E-state index is 0.0658. The van der Waals surface area contributed by atoms with Gasteiger partial charge in [0.2, 0.25) is 11.8 Å². The first-order valence-corrected chi connectivity index (χ1v) is 10.8. The van der Waals surface area contributed by atoms with E-state index in [9.17, 15) is 13.6 Å². The van der Waals surface area contributed by atoms with Gasteiger partial charge in [-0.15, -0.1) is 0 Å². The lowest BCUT2D eigenvalue weighted by atomic mass is 10.1. The Kier molecular flexibility index (Phi) is 7.94. The van der Waals surface area contributed by atoms with Gasteiger partial charge < -0.3 is 15.5 Å². The van der Waals surface area contributed by atoms with E-state index in [1.165, 1.54) is 30.9 Å². The highest BCUT2D eigenvalue weighted by Crippen LogP contribution is 2.31. The maximum atomic E-state index is 14.1. The van der Waals surface area contributed by atoms with Gasteiger partial charge in [-0.25, -0.2) is 13.8 Å². The first kappa shape index (κ1) is 23.4. The summed E-state index contributed by atoms with van der Waals surface area (Å²) < 4.78 is 33.6. The fraction of sp³-hybridized carbons (Fsp3) is 0.333. The molecule has 1 fully saturated rings. The van der Waals surface area contributed by atoms with Gasteiger partial charge in [-0.3, -0.25) is 9.69 Å². The van der Waals surface area contributed by atoms with E-state index in [0.717, 1.165) is 31.8 Å². The van der Waals surface area contributed by atoms with Gasteiger partial charge >= 0.3 is 0 Å². The molecule has 3 N–H and O–H groups in total. The van der Waals surface area contributed by atoms with E-state index < -0.39 is 23.1 Å².